The molecular formula is C19H19BrClN3O2. The number of nitrogens with zero attached hydrogens (tertiary/aromatic N) is 2. The van der Waals surface area contributed by atoms with Gasteiger partial charge in [0.2, 0.25) is 11.8 Å². The van der Waals surface area contributed by atoms with Crippen molar-refractivity contribution in [1.29, 1.82) is 0 Å². The Morgan fingerprint density at radius 3 is 2.65 bits per heavy atom. The van der Waals surface area contributed by atoms with E-state index in [-0.39, 0.29) is 11.8 Å². The summed E-state index contributed by atoms with van der Waals surface area (Å²) in [6.45, 7) is 0.510. The molecule has 2 aromatic rings. The number of nitrogens with one attached hydrogen (secondary N) is 1. The third-order valence-corrected chi connectivity index (χ3v) is 5.33. The zero-order valence-corrected chi connectivity index (χ0v) is 16.8. The molecule has 0 radical (unpaired) electrons. The van der Waals surface area contributed by atoms with Gasteiger partial charge in [0.25, 0.3) is 0 Å². The summed E-state index contributed by atoms with van der Waals surface area (Å²) in [7, 11) is 3.71. The molecule has 0 aromatic heterocycles. The average Bonchev–Trinajstić information content (AvgIpc) is 2.96. The molecule has 1 heterocycles. The van der Waals surface area contributed by atoms with Crippen LogP contribution < -0.4 is 15.1 Å². The second kappa shape index (κ2) is 7.68. The largest absolute Gasteiger partial charge is 0.375 e. The van der Waals surface area contributed by atoms with Crippen molar-refractivity contribution in [2.75, 3.05) is 35.8 Å². The van der Waals surface area contributed by atoms with E-state index in [1.54, 1.807) is 23.1 Å². The molecule has 7 heteroatoms. The fraction of sp³-hybridized carbons (Fsp3) is 0.263. The molecule has 1 aliphatic heterocycles. The third-order valence-electron chi connectivity index (χ3n) is 4.36. The number of benzene rings is 2. The van der Waals surface area contributed by atoms with Crippen molar-refractivity contribution in [2.45, 2.75) is 6.42 Å². The number of anilines is 3. The predicted molar refractivity (Wildman–Crippen MR) is 109 cm³/mol. The molecular weight excluding hydrogens is 418 g/mol. The van der Waals surface area contributed by atoms with E-state index in [0.717, 1.165) is 15.8 Å². The minimum absolute atomic E-state index is 0.192. The summed E-state index contributed by atoms with van der Waals surface area (Å²) in [5.41, 5.74) is 2.10. The normalized spacial score (nSPS) is 16.7. The summed E-state index contributed by atoms with van der Waals surface area (Å²) in [4.78, 5) is 29.0. The number of amides is 2. The van der Waals surface area contributed by atoms with Gasteiger partial charge in [-0.2, -0.15) is 0 Å². The Kier molecular flexibility index (Phi) is 5.53. The maximum Gasteiger partial charge on any atom is 0.239 e. The Bertz CT molecular complexity index is 856. The van der Waals surface area contributed by atoms with Gasteiger partial charge in [-0.1, -0.05) is 29.8 Å². The smallest absolute Gasteiger partial charge is 0.239 e. The zero-order valence-electron chi connectivity index (χ0n) is 14.5. The number of hydrogen-bond acceptors (Lipinski definition) is 3. The summed E-state index contributed by atoms with van der Waals surface area (Å²) < 4.78 is 0.833. The molecule has 1 saturated heterocycles. The number of hydrogen-bond donors (Lipinski definition) is 1. The average molecular weight is 437 g/mol. The first-order valence-electron chi connectivity index (χ1n) is 8.22. The van der Waals surface area contributed by atoms with Crippen LogP contribution in [0.15, 0.2) is 46.9 Å². The van der Waals surface area contributed by atoms with Crippen molar-refractivity contribution in [1.82, 2.24) is 0 Å². The van der Waals surface area contributed by atoms with Crippen LogP contribution in [0.4, 0.5) is 17.1 Å². The molecule has 0 saturated carbocycles. The fourth-order valence-electron chi connectivity index (χ4n) is 3.12. The Morgan fingerprint density at radius 2 is 1.96 bits per heavy atom. The first kappa shape index (κ1) is 18.7. The molecule has 1 N–H and O–H groups in total. The van der Waals surface area contributed by atoms with Gasteiger partial charge in [0.1, 0.15) is 5.92 Å². The quantitative estimate of drug-likeness (QED) is 0.732. The second-order valence-electron chi connectivity index (χ2n) is 6.30. The SMILES string of the molecule is CN(C)c1c(Cl)cccc1NC(=O)[C@@H]1CCN(c2ccccc2Br)C1=O. The standard InChI is InChI=1S/C19H19BrClN3O2/c1-23(2)17-14(21)7-5-8-15(17)22-18(25)12-10-11-24(19(12)26)16-9-4-3-6-13(16)20/h3-9,12H,10-11H2,1-2H3,(H,22,25)/t12-/m0/s1. The van der Waals surface area contributed by atoms with Gasteiger partial charge in [-0.15, -0.1) is 0 Å². The molecule has 2 amide bonds. The topological polar surface area (TPSA) is 52.7 Å². The minimum atomic E-state index is -0.712. The molecule has 1 fully saturated rings. The van der Waals surface area contributed by atoms with Crippen molar-refractivity contribution in [2.24, 2.45) is 5.92 Å². The summed E-state index contributed by atoms with van der Waals surface area (Å²) in [6.07, 6.45) is 0.476. The molecule has 0 aliphatic carbocycles. The van der Waals surface area contributed by atoms with Crippen LogP contribution in [0.2, 0.25) is 5.02 Å². The maximum absolute atomic E-state index is 12.8. The van der Waals surface area contributed by atoms with Crippen molar-refractivity contribution in [3.63, 3.8) is 0 Å². The minimum Gasteiger partial charge on any atom is -0.375 e. The van der Waals surface area contributed by atoms with E-state index in [1.807, 2.05) is 43.3 Å². The number of carbonyl (C=O) groups is 2. The molecule has 136 valence electrons. The van der Waals surface area contributed by atoms with Gasteiger partial charge in [-0.25, -0.2) is 0 Å². The van der Waals surface area contributed by atoms with E-state index >= 15 is 0 Å². The van der Waals surface area contributed by atoms with Crippen molar-refractivity contribution >= 4 is 56.4 Å². The van der Waals surface area contributed by atoms with E-state index in [9.17, 15) is 9.59 Å². The molecule has 0 unspecified atom stereocenters. The van der Waals surface area contributed by atoms with Crippen LogP contribution in [0.3, 0.4) is 0 Å². The number of halogens is 2. The zero-order chi connectivity index (χ0) is 18.8. The van der Waals surface area contributed by atoms with E-state index in [2.05, 4.69) is 21.2 Å². The lowest BCUT2D eigenvalue weighted by Gasteiger charge is -2.21. The van der Waals surface area contributed by atoms with Gasteiger partial charge < -0.3 is 15.1 Å². The van der Waals surface area contributed by atoms with E-state index in [1.165, 1.54) is 0 Å². The van der Waals surface area contributed by atoms with Gasteiger partial charge in [0.15, 0.2) is 0 Å². The molecule has 1 atom stereocenters. The van der Waals surface area contributed by atoms with Crippen molar-refractivity contribution in [3.05, 3.63) is 52.0 Å². The number of para-hydroxylation sites is 2. The molecule has 0 spiro atoms. The molecule has 2 aromatic carbocycles. The van der Waals surface area contributed by atoms with Crippen LogP contribution in [-0.4, -0.2) is 32.5 Å². The summed E-state index contributed by atoms with van der Waals surface area (Å²) in [5.74, 6) is -1.21. The molecule has 3 rings (SSSR count). The van der Waals surface area contributed by atoms with Crippen molar-refractivity contribution < 1.29 is 9.59 Å². The molecule has 5 nitrogen and oxygen atoms in total. The summed E-state index contributed by atoms with van der Waals surface area (Å²) in [6, 6.07) is 12.8. The Morgan fingerprint density at radius 1 is 1.23 bits per heavy atom. The van der Waals surface area contributed by atoms with E-state index in [4.69, 9.17) is 11.6 Å². The van der Waals surface area contributed by atoms with Crippen LogP contribution in [0.5, 0.6) is 0 Å². The highest BCUT2D eigenvalue weighted by atomic mass is 79.9. The van der Waals surface area contributed by atoms with Gasteiger partial charge in [-0.05, 0) is 46.6 Å². The Hall–Kier alpha value is -2.05. The van der Waals surface area contributed by atoms with Crippen LogP contribution >= 0.6 is 27.5 Å². The summed E-state index contributed by atoms with van der Waals surface area (Å²) in [5, 5.41) is 3.41. The van der Waals surface area contributed by atoms with Crippen LogP contribution in [0.1, 0.15) is 6.42 Å². The third kappa shape index (κ3) is 3.57. The number of rotatable bonds is 4. The van der Waals surface area contributed by atoms with Gasteiger partial charge in [-0.3, -0.25) is 9.59 Å². The highest BCUT2D eigenvalue weighted by Crippen LogP contribution is 2.35. The first-order valence-corrected chi connectivity index (χ1v) is 9.40. The van der Waals surface area contributed by atoms with Gasteiger partial charge in [0, 0.05) is 25.1 Å². The lowest BCUT2D eigenvalue weighted by Crippen LogP contribution is -2.33. The highest BCUT2D eigenvalue weighted by Gasteiger charge is 2.38. The van der Waals surface area contributed by atoms with Crippen molar-refractivity contribution in [3.8, 4) is 0 Å². The Labute approximate surface area is 166 Å². The molecule has 0 bridgehead atoms. The first-order chi connectivity index (χ1) is 12.4. The van der Waals surface area contributed by atoms with Crippen LogP contribution in [-0.2, 0) is 9.59 Å². The maximum atomic E-state index is 12.8. The number of carbonyl (C=O) groups excluding carboxylic acids is 2. The van der Waals surface area contributed by atoms with Gasteiger partial charge in [0.05, 0.1) is 22.1 Å². The predicted octanol–water partition coefficient (Wildman–Crippen LogP) is 4.16. The second-order valence-corrected chi connectivity index (χ2v) is 7.56. The van der Waals surface area contributed by atoms with Crippen LogP contribution in [0.25, 0.3) is 0 Å². The molecule has 26 heavy (non-hydrogen) atoms. The van der Waals surface area contributed by atoms with Gasteiger partial charge >= 0.3 is 0 Å². The molecule has 1 aliphatic rings. The highest BCUT2D eigenvalue weighted by molar-refractivity contribution is 9.10. The monoisotopic (exact) mass is 435 g/mol. The lowest BCUT2D eigenvalue weighted by molar-refractivity contribution is -0.129. The lowest BCUT2D eigenvalue weighted by atomic mass is 10.1. The van der Waals surface area contributed by atoms with Crippen LogP contribution in [0, 0.1) is 5.92 Å². The van der Waals surface area contributed by atoms with E-state index in [0.29, 0.717) is 23.7 Å². The fourth-order valence-corrected chi connectivity index (χ4v) is 3.97. The summed E-state index contributed by atoms with van der Waals surface area (Å²) >= 11 is 9.71. The Balaban J connectivity index is 1.79. The van der Waals surface area contributed by atoms with E-state index < -0.39 is 5.92 Å².